The number of pyridine rings is 1. The summed E-state index contributed by atoms with van der Waals surface area (Å²) in [5, 5.41) is 9.01. The van der Waals surface area contributed by atoms with Crippen LogP contribution in [0, 0.1) is 0 Å². The molecule has 2 rings (SSSR count). The number of aromatic nitrogens is 1. The van der Waals surface area contributed by atoms with Gasteiger partial charge in [0.05, 0.1) is 11.4 Å². The Kier molecular flexibility index (Phi) is 3.68. The molecule has 2 heterocycles. The highest BCUT2D eigenvalue weighted by molar-refractivity contribution is 9.10. The molecule has 0 saturated carbocycles. The Labute approximate surface area is 110 Å². The van der Waals surface area contributed by atoms with Gasteiger partial charge in [-0.05, 0) is 28.1 Å². The summed E-state index contributed by atoms with van der Waals surface area (Å²) < 4.78 is 0.436. The zero-order valence-corrected chi connectivity index (χ0v) is 11.1. The Balaban J connectivity index is 2.26. The minimum atomic E-state index is -0.969. The molecule has 1 aliphatic rings. The van der Waals surface area contributed by atoms with Crippen LogP contribution in [0.1, 0.15) is 10.4 Å². The van der Waals surface area contributed by atoms with Crippen LogP contribution < -0.4 is 0 Å². The minimum Gasteiger partial charge on any atom is -0.480 e. The molecule has 0 aliphatic carbocycles. The van der Waals surface area contributed by atoms with Crippen molar-refractivity contribution in [1.29, 1.82) is 0 Å². The van der Waals surface area contributed by atoms with Crippen LogP contribution in [0.5, 0.6) is 0 Å². The van der Waals surface area contributed by atoms with Crippen LogP contribution in [0.3, 0.4) is 0 Å². The van der Waals surface area contributed by atoms with Crippen molar-refractivity contribution in [3.8, 4) is 0 Å². The van der Waals surface area contributed by atoms with Crippen LogP contribution >= 0.6 is 27.7 Å². The standard InChI is InChI=1S/C10H9BrN2O3S/c11-8-6(2-1-3-12-8)9(14)13-5-17-4-7(13)10(15)16/h1-3,7H,4-5H2,(H,15,16). The summed E-state index contributed by atoms with van der Waals surface area (Å²) in [6.07, 6.45) is 1.56. The number of carboxylic acid groups (broad SMARTS) is 1. The van der Waals surface area contributed by atoms with E-state index >= 15 is 0 Å². The molecule has 1 amide bonds. The predicted molar refractivity (Wildman–Crippen MR) is 66.9 cm³/mol. The summed E-state index contributed by atoms with van der Waals surface area (Å²) in [5.41, 5.74) is 0.390. The molecule has 0 aromatic carbocycles. The average Bonchev–Trinajstić information content (AvgIpc) is 2.77. The van der Waals surface area contributed by atoms with Gasteiger partial charge in [0.25, 0.3) is 5.91 Å². The Hall–Kier alpha value is -1.08. The van der Waals surface area contributed by atoms with Crippen LogP contribution in [0.4, 0.5) is 0 Å². The van der Waals surface area contributed by atoms with Gasteiger partial charge in [-0.1, -0.05) is 0 Å². The second kappa shape index (κ2) is 5.05. The number of rotatable bonds is 2. The molecular weight excluding hydrogens is 308 g/mol. The van der Waals surface area contributed by atoms with E-state index in [-0.39, 0.29) is 5.91 Å². The van der Waals surface area contributed by atoms with Crippen molar-refractivity contribution in [3.05, 3.63) is 28.5 Å². The SMILES string of the molecule is O=C(O)C1CSCN1C(=O)c1cccnc1Br. The van der Waals surface area contributed by atoms with Crippen molar-refractivity contribution < 1.29 is 14.7 Å². The molecule has 5 nitrogen and oxygen atoms in total. The quantitative estimate of drug-likeness (QED) is 0.836. The monoisotopic (exact) mass is 316 g/mol. The van der Waals surface area contributed by atoms with E-state index in [9.17, 15) is 9.59 Å². The van der Waals surface area contributed by atoms with Gasteiger partial charge in [-0.25, -0.2) is 9.78 Å². The number of nitrogens with zero attached hydrogens (tertiary/aromatic N) is 2. The number of thioether (sulfide) groups is 1. The third-order valence-corrected chi connectivity index (χ3v) is 4.06. The fourth-order valence-corrected chi connectivity index (χ4v) is 3.11. The molecule has 1 fully saturated rings. The van der Waals surface area contributed by atoms with E-state index in [1.807, 2.05) is 0 Å². The van der Waals surface area contributed by atoms with Gasteiger partial charge < -0.3 is 10.0 Å². The van der Waals surface area contributed by atoms with Gasteiger partial charge in [-0.15, -0.1) is 11.8 Å². The molecule has 1 aromatic rings. The number of hydrogen-bond acceptors (Lipinski definition) is 4. The van der Waals surface area contributed by atoms with Gasteiger partial charge in [0, 0.05) is 11.9 Å². The lowest BCUT2D eigenvalue weighted by Gasteiger charge is -2.20. The summed E-state index contributed by atoms with van der Waals surface area (Å²) in [7, 11) is 0. The summed E-state index contributed by atoms with van der Waals surface area (Å²) in [6, 6.07) is 2.53. The van der Waals surface area contributed by atoms with E-state index in [2.05, 4.69) is 20.9 Å². The first-order valence-corrected chi connectivity index (χ1v) is 6.78. The largest absolute Gasteiger partial charge is 0.480 e. The summed E-state index contributed by atoms with van der Waals surface area (Å²) in [6.45, 7) is 0. The van der Waals surface area contributed by atoms with E-state index < -0.39 is 12.0 Å². The number of aliphatic carboxylic acids is 1. The highest BCUT2D eigenvalue weighted by Crippen LogP contribution is 2.25. The molecule has 1 aliphatic heterocycles. The van der Waals surface area contributed by atoms with E-state index in [0.29, 0.717) is 21.8 Å². The smallest absolute Gasteiger partial charge is 0.327 e. The zero-order valence-electron chi connectivity index (χ0n) is 8.67. The molecule has 0 bridgehead atoms. The maximum absolute atomic E-state index is 12.2. The van der Waals surface area contributed by atoms with Crippen molar-refractivity contribution in [2.75, 3.05) is 11.6 Å². The van der Waals surface area contributed by atoms with Crippen molar-refractivity contribution in [2.24, 2.45) is 0 Å². The Morgan fingerprint density at radius 2 is 2.35 bits per heavy atom. The Bertz CT molecular complexity index is 469. The number of carbonyl (C=O) groups excluding carboxylic acids is 1. The number of hydrogen-bond donors (Lipinski definition) is 1. The van der Waals surface area contributed by atoms with Gasteiger partial charge >= 0.3 is 5.97 Å². The zero-order chi connectivity index (χ0) is 12.4. The lowest BCUT2D eigenvalue weighted by Crippen LogP contribution is -2.41. The molecule has 1 atom stereocenters. The number of amides is 1. The molecule has 0 spiro atoms. The molecule has 1 unspecified atom stereocenters. The Morgan fingerprint density at radius 3 is 3.00 bits per heavy atom. The van der Waals surface area contributed by atoms with E-state index in [1.165, 1.54) is 16.7 Å². The second-order valence-electron chi connectivity index (χ2n) is 3.47. The molecule has 7 heteroatoms. The fourth-order valence-electron chi connectivity index (χ4n) is 1.55. The molecule has 17 heavy (non-hydrogen) atoms. The first-order valence-electron chi connectivity index (χ1n) is 4.83. The second-order valence-corrected chi connectivity index (χ2v) is 5.22. The normalized spacial score (nSPS) is 19.4. The first-order chi connectivity index (χ1) is 8.11. The van der Waals surface area contributed by atoms with Crippen molar-refractivity contribution in [2.45, 2.75) is 6.04 Å². The predicted octanol–water partition coefficient (Wildman–Crippen LogP) is 1.44. The highest BCUT2D eigenvalue weighted by Gasteiger charge is 2.35. The fraction of sp³-hybridized carbons (Fsp3) is 0.300. The van der Waals surface area contributed by atoms with Gasteiger partial charge in [-0.3, -0.25) is 4.79 Å². The maximum Gasteiger partial charge on any atom is 0.327 e. The Morgan fingerprint density at radius 1 is 1.59 bits per heavy atom. The maximum atomic E-state index is 12.2. The number of carboxylic acids is 1. The molecular formula is C10H9BrN2O3S. The van der Waals surface area contributed by atoms with Crippen molar-refractivity contribution >= 4 is 39.6 Å². The van der Waals surface area contributed by atoms with E-state index in [0.717, 1.165) is 0 Å². The van der Waals surface area contributed by atoms with Crippen LogP contribution in [0.15, 0.2) is 22.9 Å². The van der Waals surface area contributed by atoms with Crippen LogP contribution in [-0.2, 0) is 4.79 Å². The molecule has 1 N–H and O–H groups in total. The first kappa shape index (κ1) is 12.4. The molecule has 0 radical (unpaired) electrons. The van der Waals surface area contributed by atoms with Gasteiger partial charge in [0.1, 0.15) is 10.6 Å². The van der Waals surface area contributed by atoms with Crippen LogP contribution in [-0.4, -0.2) is 44.5 Å². The molecule has 1 saturated heterocycles. The summed E-state index contributed by atoms with van der Waals surface area (Å²) in [4.78, 5) is 28.5. The van der Waals surface area contributed by atoms with E-state index in [1.54, 1.807) is 18.3 Å². The topological polar surface area (TPSA) is 70.5 Å². The van der Waals surface area contributed by atoms with Gasteiger partial charge in [0.15, 0.2) is 0 Å². The van der Waals surface area contributed by atoms with Gasteiger partial charge in [0.2, 0.25) is 0 Å². The molecule has 90 valence electrons. The highest BCUT2D eigenvalue weighted by atomic mass is 79.9. The molecule has 1 aromatic heterocycles. The van der Waals surface area contributed by atoms with E-state index in [4.69, 9.17) is 5.11 Å². The summed E-state index contributed by atoms with van der Waals surface area (Å²) in [5.74, 6) is -0.443. The van der Waals surface area contributed by atoms with Crippen molar-refractivity contribution in [1.82, 2.24) is 9.88 Å². The third-order valence-electron chi connectivity index (χ3n) is 2.42. The van der Waals surface area contributed by atoms with Crippen LogP contribution in [0.2, 0.25) is 0 Å². The number of halogens is 1. The van der Waals surface area contributed by atoms with Gasteiger partial charge in [-0.2, -0.15) is 0 Å². The average molecular weight is 317 g/mol. The van der Waals surface area contributed by atoms with Crippen molar-refractivity contribution in [3.63, 3.8) is 0 Å². The van der Waals surface area contributed by atoms with Crippen LogP contribution in [0.25, 0.3) is 0 Å². The lowest BCUT2D eigenvalue weighted by molar-refractivity contribution is -0.140. The third kappa shape index (κ3) is 2.44. The number of carbonyl (C=O) groups is 2. The lowest BCUT2D eigenvalue weighted by atomic mass is 10.2. The minimum absolute atomic E-state index is 0.303. The summed E-state index contributed by atoms with van der Waals surface area (Å²) >= 11 is 4.62.